The Hall–Kier alpha value is -2.29. The Balaban J connectivity index is 2.45. The quantitative estimate of drug-likeness (QED) is 0.750. The van der Waals surface area contributed by atoms with Crippen LogP contribution in [0.5, 0.6) is 0 Å². The van der Waals surface area contributed by atoms with Crippen LogP contribution in [0.25, 0.3) is 17.1 Å². The summed E-state index contributed by atoms with van der Waals surface area (Å²) < 4.78 is 0. The van der Waals surface area contributed by atoms with Crippen LogP contribution in [0, 0.1) is 0 Å². The van der Waals surface area contributed by atoms with Crippen molar-refractivity contribution in [3.8, 4) is 11.5 Å². The lowest BCUT2D eigenvalue weighted by atomic mass is 10.1. The smallest absolute Gasteiger partial charge is 0.178 e. The molecule has 0 fully saturated rings. The number of allylic oxidation sites excluding steroid dienone is 3. The van der Waals surface area contributed by atoms with Gasteiger partial charge in [-0.1, -0.05) is 24.8 Å². The molecule has 0 amide bonds. The van der Waals surface area contributed by atoms with Crippen molar-refractivity contribution < 1.29 is 0 Å². The summed E-state index contributed by atoms with van der Waals surface area (Å²) in [7, 11) is 0. The molecule has 0 aromatic carbocycles. The minimum Gasteiger partial charge on any atom is -0.244 e. The summed E-state index contributed by atoms with van der Waals surface area (Å²) in [4.78, 5) is 12.9. The highest BCUT2D eigenvalue weighted by Gasteiger charge is 2.04. The summed E-state index contributed by atoms with van der Waals surface area (Å²) in [6, 6.07) is 7.58. The highest BCUT2D eigenvalue weighted by molar-refractivity contribution is 5.71. The van der Waals surface area contributed by atoms with Crippen molar-refractivity contribution in [1.29, 1.82) is 0 Å². The van der Waals surface area contributed by atoms with Crippen molar-refractivity contribution in [2.75, 3.05) is 0 Å². The first kappa shape index (κ1) is 11.2. The van der Waals surface area contributed by atoms with Crippen molar-refractivity contribution in [1.82, 2.24) is 15.0 Å². The van der Waals surface area contributed by atoms with E-state index in [-0.39, 0.29) is 0 Å². The molecule has 0 saturated heterocycles. The lowest BCUT2D eigenvalue weighted by Gasteiger charge is -2.03. The fourth-order valence-electron chi connectivity index (χ4n) is 1.52. The summed E-state index contributed by atoms with van der Waals surface area (Å²) in [6.45, 7) is 5.73. The number of aromatic nitrogens is 3. The van der Waals surface area contributed by atoms with Crippen molar-refractivity contribution in [2.24, 2.45) is 0 Å². The maximum Gasteiger partial charge on any atom is 0.178 e. The third-order valence-electron chi connectivity index (χ3n) is 2.37. The number of hydrogen-bond donors (Lipinski definition) is 0. The van der Waals surface area contributed by atoms with Crippen LogP contribution in [0.4, 0.5) is 0 Å². The molecule has 3 nitrogen and oxygen atoms in total. The van der Waals surface area contributed by atoms with E-state index in [1.54, 1.807) is 24.5 Å². The maximum atomic E-state index is 4.52. The second kappa shape index (κ2) is 5.16. The van der Waals surface area contributed by atoms with E-state index in [1.165, 1.54) is 0 Å². The highest BCUT2D eigenvalue weighted by atomic mass is 14.9. The van der Waals surface area contributed by atoms with Gasteiger partial charge in [-0.15, -0.1) is 0 Å². The van der Waals surface area contributed by atoms with Crippen molar-refractivity contribution in [3.63, 3.8) is 0 Å². The van der Waals surface area contributed by atoms with E-state index in [4.69, 9.17) is 0 Å². The minimum atomic E-state index is 0.633. The predicted molar refractivity (Wildman–Crippen MR) is 69.1 cm³/mol. The van der Waals surface area contributed by atoms with E-state index in [1.807, 2.05) is 31.2 Å². The van der Waals surface area contributed by atoms with Gasteiger partial charge in [0, 0.05) is 12.4 Å². The zero-order valence-corrected chi connectivity index (χ0v) is 9.67. The van der Waals surface area contributed by atoms with E-state index in [2.05, 4.69) is 21.5 Å². The summed E-state index contributed by atoms with van der Waals surface area (Å²) in [6.07, 6.45) is 7.18. The Bertz CT molecular complexity index is 544. The summed E-state index contributed by atoms with van der Waals surface area (Å²) in [5.41, 5.74) is 2.65. The maximum absolute atomic E-state index is 4.52. The zero-order valence-electron chi connectivity index (χ0n) is 9.67. The molecule has 0 atom stereocenters. The zero-order chi connectivity index (χ0) is 12.1. The average molecular weight is 223 g/mol. The Morgan fingerprint density at radius 1 is 1.18 bits per heavy atom. The van der Waals surface area contributed by atoms with Gasteiger partial charge in [0.15, 0.2) is 5.82 Å². The fraction of sp³-hybridized carbons (Fsp3) is 0.0714. The molecule has 2 aromatic heterocycles. The van der Waals surface area contributed by atoms with Crippen LogP contribution in [0.3, 0.4) is 0 Å². The van der Waals surface area contributed by atoms with Gasteiger partial charge in [0.1, 0.15) is 5.69 Å². The third-order valence-corrected chi connectivity index (χ3v) is 2.37. The molecule has 84 valence electrons. The SMILES string of the molecule is C=CC(=CC)c1cccc(-c2ncccn2)n1. The van der Waals surface area contributed by atoms with Gasteiger partial charge in [0.05, 0.1) is 5.69 Å². The Kier molecular flexibility index (Phi) is 3.40. The minimum absolute atomic E-state index is 0.633. The lowest BCUT2D eigenvalue weighted by Crippen LogP contribution is -1.93. The molecule has 0 aliphatic rings. The highest BCUT2D eigenvalue weighted by Crippen LogP contribution is 2.17. The van der Waals surface area contributed by atoms with Gasteiger partial charge in [0.25, 0.3) is 0 Å². The van der Waals surface area contributed by atoms with Crippen molar-refractivity contribution in [2.45, 2.75) is 6.92 Å². The van der Waals surface area contributed by atoms with E-state index in [0.29, 0.717) is 5.82 Å². The van der Waals surface area contributed by atoms with E-state index in [0.717, 1.165) is 17.0 Å². The molecule has 0 unspecified atom stereocenters. The van der Waals surface area contributed by atoms with Gasteiger partial charge in [-0.25, -0.2) is 15.0 Å². The van der Waals surface area contributed by atoms with Gasteiger partial charge in [-0.05, 0) is 30.7 Å². The fourth-order valence-corrected chi connectivity index (χ4v) is 1.52. The molecule has 0 saturated carbocycles. The first-order chi connectivity index (χ1) is 8.35. The number of nitrogens with zero attached hydrogens (tertiary/aromatic N) is 3. The molecule has 17 heavy (non-hydrogen) atoms. The Morgan fingerprint density at radius 3 is 2.59 bits per heavy atom. The van der Waals surface area contributed by atoms with Crippen LogP contribution in [-0.2, 0) is 0 Å². The second-order valence-corrected chi connectivity index (χ2v) is 3.43. The standard InChI is InChI=1S/C14H13N3/c1-3-11(4-2)12-7-5-8-13(17-12)14-15-9-6-10-16-14/h3-10H,1H2,2H3. The third kappa shape index (κ3) is 2.45. The molecule has 0 N–H and O–H groups in total. The van der Waals surface area contributed by atoms with E-state index in [9.17, 15) is 0 Å². The molecule has 0 spiro atoms. The predicted octanol–water partition coefficient (Wildman–Crippen LogP) is 3.13. The summed E-state index contributed by atoms with van der Waals surface area (Å²) in [5, 5.41) is 0. The summed E-state index contributed by atoms with van der Waals surface area (Å²) >= 11 is 0. The molecule has 0 radical (unpaired) electrons. The molecule has 2 aromatic rings. The van der Waals surface area contributed by atoms with Gasteiger partial charge < -0.3 is 0 Å². The van der Waals surface area contributed by atoms with E-state index < -0.39 is 0 Å². The number of pyridine rings is 1. The van der Waals surface area contributed by atoms with Gasteiger partial charge >= 0.3 is 0 Å². The molecular weight excluding hydrogens is 210 g/mol. The van der Waals surface area contributed by atoms with Crippen LogP contribution in [0.2, 0.25) is 0 Å². The first-order valence-corrected chi connectivity index (χ1v) is 5.38. The Morgan fingerprint density at radius 2 is 1.94 bits per heavy atom. The van der Waals surface area contributed by atoms with Gasteiger partial charge in [-0.3, -0.25) is 0 Å². The van der Waals surface area contributed by atoms with Crippen molar-refractivity contribution >= 4 is 5.57 Å². The van der Waals surface area contributed by atoms with Crippen LogP contribution in [0.1, 0.15) is 12.6 Å². The number of rotatable bonds is 3. The van der Waals surface area contributed by atoms with E-state index >= 15 is 0 Å². The second-order valence-electron chi connectivity index (χ2n) is 3.43. The van der Waals surface area contributed by atoms with Crippen LogP contribution < -0.4 is 0 Å². The molecule has 0 aliphatic heterocycles. The average Bonchev–Trinajstić information content (AvgIpc) is 2.42. The molecule has 2 heterocycles. The summed E-state index contributed by atoms with van der Waals surface area (Å²) in [5.74, 6) is 0.633. The Labute approximate surface area is 101 Å². The normalized spacial score (nSPS) is 11.2. The first-order valence-electron chi connectivity index (χ1n) is 5.38. The van der Waals surface area contributed by atoms with Crippen LogP contribution >= 0.6 is 0 Å². The largest absolute Gasteiger partial charge is 0.244 e. The van der Waals surface area contributed by atoms with Crippen LogP contribution in [-0.4, -0.2) is 15.0 Å². The number of hydrogen-bond acceptors (Lipinski definition) is 3. The molecule has 3 heteroatoms. The van der Waals surface area contributed by atoms with Crippen LogP contribution in [0.15, 0.2) is 55.4 Å². The van der Waals surface area contributed by atoms with Crippen molar-refractivity contribution in [3.05, 3.63) is 61.1 Å². The lowest BCUT2D eigenvalue weighted by molar-refractivity contribution is 1.13. The van der Waals surface area contributed by atoms with Gasteiger partial charge in [-0.2, -0.15) is 0 Å². The topological polar surface area (TPSA) is 38.7 Å². The molecule has 2 rings (SSSR count). The van der Waals surface area contributed by atoms with Gasteiger partial charge in [0.2, 0.25) is 0 Å². The molecule has 0 bridgehead atoms. The molecular formula is C14H13N3. The monoisotopic (exact) mass is 223 g/mol. The molecule has 0 aliphatic carbocycles.